The highest BCUT2D eigenvalue weighted by atomic mass is 16.5. The molecule has 0 aliphatic carbocycles. The maximum absolute atomic E-state index is 11.5. The molecule has 1 aromatic rings. The monoisotopic (exact) mass is 293 g/mol. The number of ether oxygens (including phenoxy) is 1. The molecule has 1 saturated heterocycles. The van der Waals surface area contributed by atoms with Crippen molar-refractivity contribution in [1.82, 2.24) is 15.3 Å². The average molecular weight is 293 g/mol. The number of primary amides is 1. The van der Waals surface area contributed by atoms with Crippen molar-refractivity contribution in [3.05, 3.63) is 18.0 Å². The summed E-state index contributed by atoms with van der Waals surface area (Å²) in [5.74, 6) is 0.393. The molecule has 2 heterocycles. The maximum Gasteiger partial charge on any atom is 0.225 e. The minimum absolute atomic E-state index is 0.260. The number of aromatic nitrogens is 2. The zero-order chi connectivity index (χ0) is 15.3. The summed E-state index contributed by atoms with van der Waals surface area (Å²) in [6, 6.07) is 0. The van der Waals surface area contributed by atoms with Crippen LogP contribution in [0.3, 0.4) is 0 Å². The van der Waals surface area contributed by atoms with Crippen molar-refractivity contribution >= 4 is 11.9 Å². The summed E-state index contributed by atoms with van der Waals surface area (Å²) in [6.45, 7) is 5.41. The molecule has 0 bridgehead atoms. The van der Waals surface area contributed by atoms with Crippen LogP contribution in [0.1, 0.15) is 18.9 Å². The Morgan fingerprint density at radius 1 is 1.52 bits per heavy atom. The summed E-state index contributed by atoms with van der Waals surface area (Å²) in [5, 5.41) is 3.24. The van der Waals surface area contributed by atoms with Crippen LogP contribution in [0.2, 0.25) is 0 Å². The molecule has 1 aromatic heterocycles. The molecule has 1 fully saturated rings. The predicted octanol–water partition coefficient (Wildman–Crippen LogP) is -0.0857. The average Bonchev–Trinajstić information content (AvgIpc) is 2.88. The molecule has 1 amide bonds. The lowest BCUT2D eigenvalue weighted by Crippen LogP contribution is -2.37. The van der Waals surface area contributed by atoms with Gasteiger partial charge in [0.25, 0.3) is 0 Å². The lowest BCUT2D eigenvalue weighted by atomic mass is 9.89. The molecule has 1 aliphatic rings. The standard InChI is InChI=1S/C14H23N5O2/c1-14(12(15)20)3-5-19(10-14)13-17-8-11(9-18-13)7-16-4-6-21-2/h8-9,16H,3-7,10H2,1-2H3,(H2,15,20). The quantitative estimate of drug-likeness (QED) is 0.683. The van der Waals surface area contributed by atoms with Gasteiger partial charge in [0, 0.05) is 51.2 Å². The number of nitrogens with two attached hydrogens (primary N) is 1. The van der Waals surface area contributed by atoms with Gasteiger partial charge in [-0.3, -0.25) is 4.79 Å². The molecule has 3 N–H and O–H groups in total. The molecule has 1 unspecified atom stereocenters. The topological polar surface area (TPSA) is 93.4 Å². The second-order valence-corrected chi connectivity index (χ2v) is 5.66. The van der Waals surface area contributed by atoms with Crippen LogP contribution in [0, 0.1) is 5.41 Å². The second-order valence-electron chi connectivity index (χ2n) is 5.66. The Labute approximate surface area is 124 Å². The van der Waals surface area contributed by atoms with Gasteiger partial charge < -0.3 is 20.7 Å². The van der Waals surface area contributed by atoms with Gasteiger partial charge in [-0.1, -0.05) is 0 Å². The highest BCUT2D eigenvalue weighted by Gasteiger charge is 2.39. The van der Waals surface area contributed by atoms with E-state index >= 15 is 0 Å². The molecule has 7 heteroatoms. The van der Waals surface area contributed by atoms with Gasteiger partial charge in [0.1, 0.15) is 0 Å². The van der Waals surface area contributed by atoms with Crippen LogP contribution in [0.25, 0.3) is 0 Å². The Balaban J connectivity index is 1.89. The number of anilines is 1. The summed E-state index contributed by atoms with van der Waals surface area (Å²) in [6.07, 6.45) is 4.36. The largest absolute Gasteiger partial charge is 0.383 e. The van der Waals surface area contributed by atoms with Crippen LogP contribution >= 0.6 is 0 Å². The molecule has 7 nitrogen and oxygen atoms in total. The molecular formula is C14H23N5O2. The van der Waals surface area contributed by atoms with Gasteiger partial charge in [-0.15, -0.1) is 0 Å². The van der Waals surface area contributed by atoms with Crippen molar-refractivity contribution in [1.29, 1.82) is 0 Å². The van der Waals surface area contributed by atoms with Crippen LogP contribution in [-0.2, 0) is 16.1 Å². The van der Waals surface area contributed by atoms with Crippen molar-refractivity contribution in [3.8, 4) is 0 Å². The number of carbonyl (C=O) groups excluding carboxylic acids is 1. The number of carbonyl (C=O) groups is 1. The molecule has 116 valence electrons. The van der Waals surface area contributed by atoms with E-state index in [9.17, 15) is 4.79 Å². The summed E-state index contributed by atoms with van der Waals surface area (Å²) < 4.78 is 4.97. The van der Waals surface area contributed by atoms with Gasteiger partial charge in [-0.2, -0.15) is 0 Å². The Morgan fingerprint density at radius 2 is 2.24 bits per heavy atom. The zero-order valence-electron chi connectivity index (χ0n) is 12.6. The minimum Gasteiger partial charge on any atom is -0.383 e. The zero-order valence-corrected chi connectivity index (χ0v) is 12.6. The maximum atomic E-state index is 11.5. The van der Waals surface area contributed by atoms with Crippen molar-refractivity contribution in [2.75, 3.05) is 38.3 Å². The first kappa shape index (κ1) is 15.7. The number of nitrogens with one attached hydrogen (secondary N) is 1. The Morgan fingerprint density at radius 3 is 2.81 bits per heavy atom. The van der Waals surface area contributed by atoms with Gasteiger partial charge in [0.15, 0.2) is 0 Å². The van der Waals surface area contributed by atoms with Crippen molar-refractivity contribution in [2.45, 2.75) is 19.9 Å². The minimum atomic E-state index is -0.482. The van der Waals surface area contributed by atoms with Gasteiger partial charge in [-0.05, 0) is 13.3 Å². The molecule has 1 aliphatic heterocycles. The van der Waals surface area contributed by atoms with Crippen molar-refractivity contribution < 1.29 is 9.53 Å². The molecule has 21 heavy (non-hydrogen) atoms. The highest BCUT2D eigenvalue weighted by molar-refractivity contribution is 5.81. The van der Waals surface area contributed by atoms with Gasteiger partial charge >= 0.3 is 0 Å². The van der Waals surface area contributed by atoms with Crippen LogP contribution in [0.5, 0.6) is 0 Å². The number of methoxy groups -OCH3 is 1. The number of hydrogen-bond donors (Lipinski definition) is 2. The van der Waals surface area contributed by atoms with E-state index in [-0.39, 0.29) is 5.91 Å². The molecule has 0 aromatic carbocycles. The fourth-order valence-electron chi connectivity index (χ4n) is 2.34. The van der Waals surface area contributed by atoms with E-state index in [4.69, 9.17) is 10.5 Å². The van der Waals surface area contributed by atoms with Crippen molar-refractivity contribution in [2.24, 2.45) is 11.1 Å². The smallest absolute Gasteiger partial charge is 0.225 e. The number of amides is 1. The van der Waals surface area contributed by atoms with E-state index in [1.807, 2.05) is 24.2 Å². The third-order valence-electron chi connectivity index (χ3n) is 3.85. The van der Waals surface area contributed by atoms with Gasteiger partial charge in [-0.25, -0.2) is 9.97 Å². The molecule has 2 rings (SSSR count). The first-order chi connectivity index (χ1) is 10.0. The number of rotatable bonds is 7. The SMILES string of the molecule is COCCNCc1cnc(N2CCC(C)(C(N)=O)C2)nc1. The van der Waals surface area contributed by atoms with Crippen LogP contribution in [0.15, 0.2) is 12.4 Å². The van der Waals surface area contributed by atoms with E-state index in [0.717, 1.165) is 25.1 Å². The third-order valence-corrected chi connectivity index (χ3v) is 3.85. The molecule has 0 saturated carbocycles. The second kappa shape index (κ2) is 6.82. The Bertz CT molecular complexity index is 479. The fraction of sp³-hybridized carbons (Fsp3) is 0.643. The highest BCUT2D eigenvalue weighted by Crippen LogP contribution is 2.31. The Hall–Kier alpha value is -1.73. The van der Waals surface area contributed by atoms with E-state index in [1.54, 1.807) is 7.11 Å². The van der Waals surface area contributed by atoms with Gasteiger partial charge in [0.05, 0.1) is 12.0 Å². The normalized spacial score (nSPS) is 21.7. The van der Waals surface area contributed by atoms with E-state index in [0.29, 0.717) is 25.6 Å². The van der Waals surface area contributed by atoms with E-state index < -0.39 is 5.41 Å². The lowest BCUT2D eigenvalue weighted by molar-refractivity contribution is -0.125. The summed E-state index contributed by atoms with van der Waals surface area (Å²) >= 11 is 0. The molecule has 1 atom stereocenters. The first-order valence-electron chi connectivity index (χ1n) is 7.10. The van der Waals surface area contributed by atoms with Crippen LogP contribution in [-0.4, -0.2) is 49.2 Å². The number of nitrogens with zero attached hydrogens (tertiary/aromatic N) is 3. The number of hydrogen-bond acceptors (Lipinski definition) is 6. The summed E-state index contributed by atoms with van der Waals surface area (Å²) in [5.41, 5.74) is 5.99. The summed E-state index contributed by atoms with van der Waals surface area (Å²) in [7, 11) is 1.68. The van der Waals surface area contributed by atoms with Crippen LogP contribution in [0.4, 0.5) is 5.95 Å². The Kier molecular flexibility index (Phi) is 5.08. The van der Waals surface area contributed by atoms with E-state index in [1.165, 1.54) is 0 Å². The fourth-order valence-corrected chi connectivity index (χ4v) is 2.34. The van der Waals surface area contributed by atoms with E-state index in [2.05, 4.69) is 15.3 Å². The van der Waals surface area contributed by atoms with Crippen molar-refractivity contribution in [3.63, 3.8) is 0 Å². The molecular weight excluding hydrogens is 270 g/mol. The molecule has 0 radical (unpaired) electrons. The van der Waals surface area contributed by atoms with Gasteiger partial charge in [0.2, 0.25) is 11.9 Å². The van der Waals surface area contributed by atoms with Crippen LogP contribution < -0.4 is 16.0 Å². The lowest BCUT2D eigenvalue weighted by Gasteiger charge is -2.20. The molecule has 0 spiro atoms. The third kappa shape index (κ3) is 3.89. The first-order valence-corrected chi connectivity index (χ1v) is 7.10. The predicted molar refractivity (Wildman–Crippen MR) is 79.7 cm³/mol. The summed E-state index contributed by atoms with van der Waals surface area (Å²) in [4.78, 5) is 22.2.